The quantitative estimate of drug-likeness (QED) is 0.413. The van der Waals surface area contributed by atoms with Crippen LogP contribution in [0.25, 0.3) is 11.1 Å². The van der Waals surface area contributed by atoms with Crippen LogP contribution in [0.3, 0.4) is 0 Å². The third-order valence-corrected chi connectivity index (χ3v) is 4.33. The maximum Gasteiger partial charge on any atom is 0.162 e. The van der Waals surface area contributed by atoms with E-state index < -0.39 is 0 Å². The molecule has 24 heavy (non-hydrogen) atoms. The lowest BCUT2D eigenvalue weighted by molar-refractivity contribution is 0.0974. The van der Waals surface area contributed by atoms with Crippen molar-refractivity contribution in [3.8, 4) is 11.1 Å². The molecule has 2 aromatic rings. The zero-order valence-electron chi connectivity index (χ0n) is 14.7. The molecule has 0 saturated carbocycles. The van der Waals surface area contributed by atoms with Gasteiger partial charge in [-0.1, -0.05) is 81.6 Å². The van der Waals surface area contributed by atoms with Gasteiger partial charge in [-0.15, -0.1) is 0 Å². The Morgan fingerprint density at radius 1 is 0.667 bits per heavy atom. The standard InChI is InChI=1S/C22H26O2/c1-3-5-6-7-8-22(24)20-15-11-18(12-16-20)17-9-13-19(14-10-17)21(23)4-2/h9-16H,3-8H2,1-2H3. The fraction of sp³-hybridized carbons (Fsp3) is 0.364. The molecule has 0 fully saturated rings. The monoisotopic (exact) mass is 322 g/mol. The predicted molar refractivity (Wildman–Crippen MR) is 99.6 cm³/mol. The maximum absolute atomic E-state index is 12.2. The van der Waals surface area contributed by atoms with Gasteiger partial charge in [-0.3, -0.25) is 9.59 Å². The molecule has 2 aromatic carbocycles. The van der Waals surface area contributed by atoms with Gasteiger partial charge >= 0.3 is 0 Å². The van der Waals surface area contributed by atoms with E-state index in [1.54, 1.807) is 0 Å². The highest BCUT2D eigenvalue weighted by Gasteiger charge is 2.07. The van der Waals surface area contributed by atoms with Crippen LogP contribution in [0.4, 0.5) is 0 Å². The van der Waals surface area contributed by atoms with Gasteiger partial charge in [-0.25, -0.2) is 0 Å². The van der Waals surface area contributed by atoms with Gasteiger partial charge in [0.1, 0.15) is 0 Å². The van der Waals surface area contributed by atoms with Gasteiger partial charge in [-0.2, -0.15) is 0 Å². The minimum Gasteiger partial charge on any atom is -0.294 e. The van der Waals surface area contributed by atoms with Gasteiger partial charge in [0.15, 0.2) is 11.6 Å². The lowest BCUT2D eigenvalue weighted by atomic mass is 9.98. The summed E-state index contributed by atoms with van der Waals surface area (Å²) in [4.78, 5) is 23.8. The van der Waals surface area contributed by atoms with Gasteiger partial charge in [0, 0.05) is 24.0 Å². The largest absolute Gasteiger partial charge is 0.294 e. The Morgan fingerprint density at radius 2 is 1.17 bits per heavy atom. The Balaban J connectivity index is 2.01. The van der Waals surface area contributed by atoms with E-state index in [0.717, 1.165) is 35.1 Å². The smallest absolute Gasteiger partial charge is 0.162 e. The van der Waals surface area contributed by atoms with Crippen LogP contribution in [-0.4, -0.2) is 11.6 Å². The van der Waals surface area contributed by atoms with Crippen molar-refractivity contribution in [2.45, 2.75) is 52.4 Å². The molecule has 0 aromatic heterocycles. The number of carbonyl (C=O) groups excluding carboxylic acids is 2. The lowest BCUT2D eigenvalue weighted by Gasteiger charge is -2.06. The van der Waals surface area contributed by atoms with E-state index in [1.807, 2.05) is 55.5 Å². The third-order valence-electron chi connectivity index (χ3n) is 4.33. The molecule has 2 nitrogen and oxygen atoms in total. The Kier molecular flexibility index (Phi) is 6.92. The number of Topliss-reactive ketones (excluding diaryl/α,β-unsaturated/α-hetero) is 2. The van der Waals surface area contributed by atoms with Crippen molar-refractivity contribution < 1.29 is 9.59 Å². The average Bonchev–Trinajstić information content (AvgIpc) is 2.64. The van der Waals surface area contributed by atoms with E-state index in [4.69, 9.17) is 0 Å². The highest BCUT2D eigenvalue weighted by atomic mass is 16.1. The summed E-state index contributed by atoms with van der Waals surface area (Å²) in [6, 6.07) is 15.4. The molecule has 0 atom stereocenters. The van der Waals surface area contributed by atoms with Crippen LogP contribution in [0.1, 0.15) is 73.1 Å². The first-order valence-electron chi connectivity index (χ1n) is 8.92. The van der Waals surface area contributed by atoms with Crippen molar-refractivity contribution in [2.75, 3.05) is 0 Å². The summed E-state index contributed by atoms with van der Waals surface area (Å²) in [5.41, 5.74) is 3.66. The molecule has 0 radical (unpaired) electrons. The van der Waals surface area contributed by atoms with Gasteiger partial charge in [0.05, 0.1) is 0 Å². The summed E-state index contributed by atoms with van der Waals surface area (Å²) >= 11 is 0. The molecule has 0 amide bonds. The lowest BCUT2D eigenvalue weighted by Crippen LogP contribution is -1.99. The van der Waals surface area contributed by atoms with E-state index in [-0.39, 0.29) is 11.6 Å². The number of rotatable bonds is 9. The van der Waals surface area contributed by atoms with E-state index in [0.29, 0.717) is 12.8 Å². The second kappa shape index (κ2) is 9.17. The van der Waals surface area contributed by atoms with Crippen molar-refractivity contribution >= 4 is 11.6 Å². The van der Waals surface area contributed by atoms with Crippen LogP contribution in [0.5, 0.6) is 0 Å². The first-order chi connectivity index (χ1) is 11.7. The van der Waals surface area contributed by atoms with Crippen LogP contribution >= 0.6 is 0 Å². The molecule has 0 heterocycles. The zero-order chi connectivity index (χ0) is 17.4. The Labute approximate surface area is 144 Å². The topological polar surface area (TPSA) is 34.1 Å². The van der Waals surface area contributed by atoms with Gasteiger partial charge in [0.25, 0.3) is 0 Å². The van der Waals surface area contributed by atoms with E-state index in [1.165, 1.54) is 12.8 Å². The Morgan fingerprint density at radius 3 is 1.62 bits per heavy atom. The molecular formula is C22H26O2. The van der Waals surface area contributed by atoms with Crippen molar-refractivity contribution in [3.63, 3.8) is 0 Å². The fourth-order valence-electron chi connectivity index (χ4n) is 2.76. The SMILES string of the molecule is CCCCCCC(=O)c1ccc(-c2ccc(C(=O)CC)cc2)cc1. The van der Waals surface area contributed by atoms with Crippen LogP contribution in [0.2, 0.25) is 0 Å². The highest BCUT2D eigenvalue weighted by Crippen LogP contribution is 2.21. The van der Waals surface area contributed by atoms with Crippen LogP contribution in [-0.2, 0) is 0 Å². The second-order valence-corrected chi connectivity index (χ2v) is 6.17. The maximum atomic E-state index is 12.2. The van der Waals surface area contributed by atoms with E-state index >= 15 is 0 Å². The molecule has 0 unspecified atom stereocenters. The van der Waals surface area contributed by atoms with Gasteiger partial charge < -0.3 is 0 Å². The van der Waals surface area contributed by atoms with Gasteiger partial charge in [-0.05, 0) is 17.5 Å². The molecule has 2 rings (SSSR count). The van der Waals surface area contributed by atoms with Crippen molar-refractivity contribution in [1.29, 1.82) is 0 Å². The predicted octanol–water partition coefficient (Wildman–Crippen LogP) is 6.10. The minimum absolute atomic E-state index is 0.158. The molecule has 0 saturated heterocycles. The van der Waals surface area contributed by atoms with Gasteiger partial charge in [0.2, 0.25) is 0 Å². The third kappa shape index (κ3) is 4.89. The first kappa shape index (κ1) is 18.1. The number of hydrogen-bond donors (Lipinski definition) is 0. The summed E-state index contributed by atoms with van der Waals surface area (Å²) in [6.45, 7) is 4.04. The van der Waals surface area contributed by atoms with Crippen LogP contribution < -0.4 is 0 Å². The zero-order valence-corrected chi connectivity index (χ0v) is 14.7. The molecular weight excluding hydrogens is 296 g/mol. The Bertz CT molecular complexity index is 666. The van der Waals surface area contributed by atoms with Crippen molar-refractivity contribution in [2.24, 2.45) is 0 Å². The molecule has 126 valence electrons. The first-order valence-corrected chi connectivity index (χ1v) is 8.92. The van der Waals surface area contributed by atoms with Crippen LogP contribution in [0.15, 0.2) is 48.5 Å². The molecule has 2 heteroatoms. The molecule has 0 aliphatic rings. The summed E-state index contributed by atoms with van der Waals surface area (Å²) < 4.78 is 0. The molecule has 0 N–H and O–H groups in total. The number of ketones is 2. The normalized spacial score (nSPS) is 10.6. The van der Waals surface area contributed by atoms with E-state index in [2.05, 4.69) is 6.92 Å². The van der Waals surface area contributed by atoms with Crippen molar-refractivity contribution in [3.05, 3.63) is 59.7 Å². The van der Waals surface area contributed by atoms with Crippen LogP contribution in [0, 0.1) is 0 Å². The molecule has 0 aliphatic carbocycles. The summed E-state index contributed by atoms with van der Waals surface area (Å²) in [6.07, 6.45) is 5.64. The number of benzene rings is 2. The molecule has 0 aliphatic heterocycles. The Hall–Kier alpha value is -2.22. The summed E-state index contributed by atoms with van der Waals surface area (Å²) in [7, 11) is 0. The summed E-state index contributed by atoms with van der Waals surface area (Å²) in [5, 5.41) is 0. The number of hydrogen-bond acceptors (Lipinski definition) is 2. The van der Waals surface area contributed by atoms with Crippen molar-refractivity contribution in [1.82, 2.24) is 0 Å². The average molecular weight is 322 g/mol. The highest BCUT2D eigenvalue weighted by molar-refractivity contribution is 5.97. The second-order valence-electron chi connectivity index (χ2n) is 6.17. The number of unbranched alkanes of at least 4 members (excludes halogenated alkanes) is 3. The van der Waals surface area contributed by atoms with E-state index in [9.17, 15) is 9.59 Å². The fourth-order valence-corrected chi connectivity index (χ4v) is 2.76. The number of carbonyl (C=O) groups is 2. The summed E-state index contributed by atoms with van der Waals surface area (Å²) in [5.74, 6) is 0.382. The molecule has 0 bridgehead atoms. The molecule has 0 spiro atoms. The minimum atomic E-state index is 0.158.